The molecule has 0 N–H and O–H groups in total. The molecule has 0 amide bonds. The number of nitrogens with zero attached hydrogens (tertiary/aromatic N) is 3. The molecule has 0 aliphatic rings. The Labute approximate surface area is 107 Å². The van der Waals surface area contributed by atoms with Crippen LogP contribution >= 0.6 is 0 Å². The van der Waals surface area contributed by atoms with Gasteiger partial charge in [-0.2, -0.15) is 5.26 Å². The molecule has 0 bridgehead atoms. The maximum Gasteiger partial charge on any atom is 0.163 e. The van der Waals surface area contributed by atoms with E-state index in [2.05, 4.69) is 42.2 Å². The van der Waals surface area contributed by atoms with Gasteiger partial charge in [0.1, 0.15) is 6.07 Å². The average Bonchev–Trinajstić information content (AvgIpc) is 2.41. The molecule has 0 radical (unpaired) electrons. The number of rotatable bonds is 3. The SMILES string of the molecule is Cc1ccc(CN(C)c2cccnc2C#N)cc1. The zero-order valence-corrected chi connectivity index (χ0v) is 10.6. The van der Waals surface area contributed by atoms with Gasteiger partial charge >= 0.3 is 0 Å². The van der Waals surface area contributed by atoms with E-state index in [0.717, 1.165) is 12.2 Å². The molecule has 0 spiro atoms. The van der Waals surface area contributed by atoms with Gasteiger partial charge in [-0.05, 0) is 24.6 Å². The van der Waals surface area contributed by atoms with Crippen molar-refractivity contribution >= 4 is 5.69 Å². The highest BCUT2D eigenvalue weighted by Gasteiger charge is 2.07. The van der Waals surface area contributed by atoms with E-state index in [-0.39, 0.29) is 0 Å². The van der Waals surface area contributed by atoms with Gasteiger partial charge in [0, 0.05) is 19.8 Å². The number of hydrogen-bond acceptors (Lipinski definition) is 3. The first kappa shape index (κ1) is 12.1. The van der Waals surface area contributed by atoms with Crippen LogP contribution in [0.1, 0.15) is 16.8 Å². The molecule has 18 heavy (non-hydrogen) atoms. The van der Waals surface area contributed by atoms with Gasteiger partial charge in [-0.1, -0.05) is 29.8 Å². The standard InChI is InChI=1S/C15H15N3/c1-12-5-7-13(8-6-12)11-18(2)15-4-3-9-17-14(15)10-16/h3-9H,11H2,1-2H3. The smallest absolute Gasteiger partial charge is 0.163 e. The predicted octanol–water partition coefficient (Wildman–Crippen LogP) is 2.90. The fourth-order valence-electron chi connectivity index (χ4n) is 1.84. The first-order chi connectivity index (χ1) is 8.70. The summed E-state index contributed by atoms with van der Waals surface area (Å²) in [5.41, 5.74) is 3.80. The van der Waals surface area contributed by atoms with Gasteiger partial charge in [0.2, 0.25) is 0 Å². The Balaban J connectivity index is 2.19. The molecule has 90 valence electrons. The molecular weight excluding hydrogens is 222 g/mol. The minimum Gasteiger partial charge on any atom is -0.368 e. The largest absolute Gasteiger partial charge is 0.368 e. The van der Waals surface area contributed by atoms with E-state index in [1.807, 2.05) is 24.1 Å². The van der Waals surface area contributed by atoms with E-state index in [4.69, 9.17) is 5.26 Å². The lowest BCUT2D eigenvalue weighted by atomic mass is 10.1. The summed E-state index contributed by atoms with van der Waals surface area (Å²) in [6, 6.07) is 14.3. The molecule has 0 atom stereocenters. The van der Waals surface area contributed by atoms with Gasteiger partial charge in [0.25, 0.3) is 0 Å². The third kappa shape index (κ3) is 2.67. The van der Waals surface area contributed by atoms with Crippen molar-refractivity contribution in [2.24, 2.45) is 0 Å². The van der Waals surface area contributed by atoms with Gasteiger partial charge in [0.15, 0.2) is 5.69 Å². The van der Waals surface area contributed by atoms with Gasteiger partial charge in [-0.25, -0.2) is 4.98 Å². The fraction of sp³-hybridized carbons (Fsp3) is 0.200. The summed E-state index contributed by atoms with van der Waals surface area (Å²) in [6.07, 6.45) is 1.64. The number of benzene rings is 1. The van der Waals surface area contributed by atoms with Gasteiger partial charge in [-0.3, -0.25) is 0 Å². The number of aryl methyl sites for hydroxylation is 1. The number of aromatic nitrogens is 1. The first-order valence-corrected chi connectivity index (χ1v) is 5.82. The fourth-order valence-corrected chi connectivity index (χ4v) is 1.84. The van der Waals surface area contributed by atoms with Crippen LogP contribution < -0.4 is 4.90 Å². The second-order valence-corrected chi connectivity index (χ2v) is 4.32. The maximum atomic E-state index is 9.03. The summed E-state index contributed by atoms with van der Waals surface area (Å²) in [7, 11) is 1.97. The average molecular weight is 237 g/mol. The first-order valence-electron chi connectivity index (χ1n) is 5.82. The third-order valence-corrected chi connectivity index (χ3v) is 2.84. The van der Waals surface area contributed by atoms with Crippen molar-refractivity contribution in [3.63, 3.8) is 0 Å². The highest BCUT2D eigenvalue weighted by Crippen LogP contribution is 2.18. The van der Waals surface area contributed by atoms with E-state index in [1.54, 1.807) is 6.20 Å². The highest BCUT2D eigenvalue weighted by atomic mass is 15.1. The topological polar surface area (TPSA) is 39.9 Å². The summed E-state index contributed by atoms with van der Waals surface area (Å²) in [5.74, 6) is 0. The summed E-state index contributed by atoms with van der Waals surface area (Å²) in [6.45, 7) is 2.84. The number of anilines is 1. The monoisotopic (exact) mass is 237 g/mol. The van der Waals surface area contributed by atoms with Gasteiger partial charge in [0.05, 0.1) is 5.69 Å². The van der Waals surface area contributed by atoms with Crippen LogP contribution in [0.4, 0.5) is 5.69 Å². The predicted molar refractivity (Wildman–Crippen MR) is 72.2 cm³/mol. The normalized spacial score (nSPS) is 9.83. The lowest BCUT2D eigenvalue weighted by Gasteiger charge is -2.19. The van der Waals surface area contributed by atoms with Crippen molar-refractivity contribution in [1.29, 1.82) is 5.26 Å². The lowest BCUT2D eigenvalue weighted by Crippen LogP contribution is -2.17. The van der Waals surface area contributed by atoms with E-state index < -0.39 is 0 Å². The number of nitriles is 1. The second-order valence-electron chi connectivity index (χ2n) is 4.32. The molecule has 0 saturated carbocycles. The molecular formula is C15H15N3. The van der Waals surface area contributed by atoms with Crippen molar-refractivity contribution in [3.8, 4) is 6.07 Å². The molecule has 0 fully saturated rings. The zero-order valence-electron chi connectivity index (χ0n) is 10.6. The molecule has 0 aliphatic carbocycles. The Hall–Kier alpha value is -2.34. The minimum absolute atomic E-state index is 0.465. The molecule has 0 aliphatic heterocycles. The molecule has 2 aromatic rings. The molecule has 3 nitrogen and oxygen atoms in total. The van der Waals surface area contributed by atoms with Crippen molar-refractivity contribution < 1.29 is 0 Å². The van der Waals surface area contributed by atoms with Crippen LogP contribution in [-0.2, 0) is 6.54 Å². The van der Waals surface area contributed by atoms with Crippen LogP contribution in [0.25, 0.3) is 0 Å². The molecule has 2 rings (SSSR count). The molecule has 0 unspecified atom stereocenters. The van der Waals surface area contributed by atoms with Gasteiger partial charge in [-0.15, -0.1) is 0 Å². The maximum absolute atomic E-state index is 9.03. The molecule has 1 aromatic heterocycles. The molecule has 3 heteroatoms. The Morgan fingerprint density at radius 1 is 1.22 bits per heavy atom. The number of hydrogen-bond donors (Lipinski definition) is 0. The third-order valence-electron chi connectivity index (χ3n) is 2.84. The summed E-state index contributed by atoms with van der Waals surface area (Å²) < 4.78 is 0. The molecule has 0 saturated heterocycles. The van der Waals surface area contributed by atoms with E-state index in [0.29, 0.717) is 5.69 Å². The van der Waals surface area contributed by atoms with E-state index >= 15 is 0 Å². The Kier molecular flexibility index (Phi) is 3.59. The number of pyridine rings is 1. The van der Waals surface area contributed by atoms with Crippen LogP contribution in [0.2, 0.25) is 0 Å². The molecule has 1 aromatic carbocycles. The van der Waals surface area contributed by atoms with E-state index in [9.17, 15) is 0 Å². The lowest BCUT2D eigenvalue weighted by molar-refractivity contribution is 0.913. The quantitative estimate of drug-likeness (QED) is 0.824. The van der Waals surface area contributed by atoms with Crippen molar-refractivity contribution in [1.82, 2.24) is 4.98 Å². The van der Waals surface area contributed by atoms with Crippen molar-refractivity contribution in [2.75, 3.05) is 11.9 Å². The van der Waals surface area contributed by atoms with Crippen LogP contribution in [0.3, 0.4) is 0 Å². The minimum atomic E-state index is 0.465. The van der Waals surface area contributed by atoms with Crippen LogP contribution in [0, 0.1) is 18.3 Å². The van der Waals surface area contributed by atoms with Crippen LogP contribution in [0.15, 0.2) is 42.6 Å². The Morgan fingerprint density at radius 2 is 1.94 bits per heavy atom. The zero-order chi connectivity index (χ0) is 13.0. The van der Waals surface area contributed by atoms with Gasteiger partial charge < -0.3 is 4.90 Å². The highest BCUT2D eigenvalue weighted by molar-refractivity contribution is 5.55. The molecule has 1 heterocycles. The van der Waals surface area contributed by atoms with Crippen LogP contribution in [0.5, 0.6) is 0 Å². The summed E-state index contributed by atoms with van der Waals surface area (Å²) in [4.78, 5) is 6.11. The van der Waals surface area contributed by atoms with Crippen molar-refractivity contribution in [3.05, 3.63) is 59.4 Å². The Morgan fingerprint density at radius 3 is 2.61 bits per heavy atom. The summed E-state index contributed by atoms with van der Waals surface area (Å²) >= 11 is 0. The second kappa shape index (κ2) is 5.33. The van der Waals surface area contributed by atoms with Crippen LogP contribution in [-0.4, -0.2) is 12.0 Å². The summed E-state index contributed by atoms with van der Waals surface area (Å²) in [5, 5.41) is 9.03. The van der Waals surface area contributed by atoms with E-state index in [1.165, 1.54) is 11.1 Å². The van der Waals surface area contributed by atoms with Crippen molar-refractivity contribution in [2.45, 2.75) is 13.5 Å². The Bertz CT molecular complexity index is 567.